The lowest BCUT2D eigenvalue weighted by Gasteiger charge is -2.17. The van der Waals surface area contributed by atoms with E-state index < -0.39 is 0 Å². The zero-order chi connectivity index (χ0) is 12.8. The molecule has 1 unspecified atom stereocenters. The molecule has 1 aliphatic carbocycles. The molecule has 18 heavy (non-hydrogen) atoms. The first-order chi connectivity index (χ1) is 8.85. The molecule has 0 radical (unpaired) electrons. The Bertz CT molecular complexity index is 360. The standard InChI is InChI=1S/C16H25NO/c1-3-16(13-9-10-13)17-11-14-7-5-6-8-15(14)12-18-4-2/h5-8,13,16-17H,3-4,9-12H2,1-2H3. The summed E-state index contributed by atoms with van der Waals surface area (Å²) in [6.07, 6.45) is 4.05. The summed E-state index contributed by atoms with van der Waals surface area (Å²) in [5.74, 6) is 0.925. The molecule has 1 fully saturated rings. The Morgan fingerprint density at radius 2 is 1.94 bits per heavy atom. The molecule has 1 atom stereocenters. The number of nitrogens with one attached hydrogen (secondary N) is 1. The van der Waals surface area contributed by atoms with Crippen LogP contribution in [0.5, 0.6) is 0 Å². The average Bonchev–Trinajstić information content (AvgIpc) is 3.23. The highest BCUT2D eigenvalue weighted by atomic mass is 16.5. The zero-order valence-electron chi connectivity index (χ0n) is 11.6. The molecule has 0 bridgehead atoms. The summed E-state index contributed by atoms with van der Waals surface area (Å²) in [6.45, 7) is 6.80. The quantitative estimate of drug-likeness (QED) is 0.759. The first kappa shape index (κ1) is 13.6. The summed E-state index contributed by atoms with van der Waals surface area (Å²) in [5, 5.41) is 3.71. The Kier molecular flexibility index (Phi) is 5.21. The van der Waals surface area contributed by atoms with Crippen molar-refractivity contribution >= 4 is 0 Å². The highest BCUT2D eigenvalue weighted by Gasteiger charge is 2.29. The predicted octanol–water partition coefficient (Wildman–Crippen LogP) is 3.50. The molecule has 0 saturated heterocycles. The number of hydrogen-bond acceptors (Lipinski definition) is 2. The molecule has 2 nitrogen and oxygen atoms in total. The van der Waals surface area contributed by atoms with Gasteiger partial charge in [0, 0.05) is 19.2 Å². The van der Waals surface area contributed by atoms with Gasteiger partial charge in [-0.1, -0.05) is 31.2 Å². The highest BCUT2D eigenvalue weighted by molar-refractivity contribution is 5.26. The van der Waals surface area contributed by atoms with E-state index in [1.165, 1.54) is 30.4 Å². The van der Waals surface area contributed by atoms with Gasteiger partial charge in [-0.2, -0.15) is 0 Å². The van der Waals surface area contributed by atoms with Gasteiger partial charge in [0.05, 0.1) is 6.61 Å². The van der Waals surface area contributed by atoms with Gasteiger partial charge in [-0.15, -0.1) is 0 Å². The maximum atomic E-state index is 5.53. The number of rotatable bonds is 8. The molecule has 0 aromatic heterocycles. The van der Waals surface area contributed by atoms with Crippen molar-refractivity contribution < 1.29 is 4.74 Å². The second-order valence-electron chi connectivity index (χ2n) is 5.14. The van der Waals surface area contributed by atoms with Crippen LogP contribution in [-0.2, 0) is 17.9 Å². The minimum atomic E-state index is 0.699. The van der Waals surface area contributed by atoms with Gasteiger partial charge in [0.25, 0.3) is 0 Å². The molecule has 0 aliphatic heterocycles. The van der Waals surface area contributed by atoms with Crippen LogP contribution >= 0.6 is 0 Å². The molecular weight excluding hydrogens is 222 g/mol. The van der Waals surface area contributed by atoms with Crippen molar-refractivity contribution in [3.05, 3.63) is 35.4 Å². The molecule has 100 valence electrons. The largest absolute Gasteiger partial charge is 0.377 e. The normalized spacial score (nSPS) is 16.8. The summed E-state index contributed by atoms with van der Waals surface area (Å²) >= 11 is 0. The molecular formula is C16H25NO. The summed E-state index contributed by atoms with van der Waals surface area (Å²) in [7, 11) is 0. The molecule has 0 amide bonds. The van der Waals surface area contributed by atoms with E-state index in [1.54, 1.807) is 0 Å². The molecule has 1 aromatic carbocycles. The second-order valence-corrected chi connectivity index (χ2v) is 5.14. The van der Waals surface area contributed by atoms with Crippen LogP contribution in [0.2, 0.25) is 0 Å². The van der Waals surface area contributed by atoms with Gasteiger partial charge < -0.3 is 10.1 Å². The van der Waals surface area contributed by atoms with Crippen LogP contribution < -0.4 is 5.32 Å². The van der Waals surface area contributed by atoms with Crippen molar-refractivity contribution in [3.63, 3.8) is 0 Å². The smallest absolute Gasteiger partial charge is 0.0719 e. The molecule has 1 aromatic rings. The lowest BCUT2D eigenvalue weighted by molar-refractivity contribution is 0.133. The molecule has 0 heterocycles. The van der Waals surface area contributed by atoms with Crippen molar-refractivity contribution in [2.75, 3.05) is 6.61 Å². The Balaban J connectivity index is 1.90. The third-order valence-corrected chi connectivity index (χ3v) is 3.77. The number of ether oxygens (including phenoxy) is 1. The van der Waals surface area contributed by atoms with Crippen LogP contribution in [0.3, 0.4) is 0 Å². The first-order valence-corrected chi connectivity index (χ1v) is 7.23. The van der Waals surface area contributed by atoms with Gasteiger partial charge >= 0.3 is 0 Å². The topological polar surface area (TPSA) is 21.3 Å². The molecule has 1 saturated carbocycles. The third-order valence-electron chi connectivity index (χ3n) is 3.77. The SMILES string of the molecule is CCOCc1ccccc1CNC(CC)C1CC1. The van der Waals surface area contributed by atoms with Gasteiger partial charge in [0.15, 0.2) is 0 Å². The Hall–Kier alpha value is -0.860. The van der Waals surface area contributed by atoms with Gasteiger partial charge in [-0.3, -0.25) is 0 Å². The monoisotopic (exact) mass is 247 g/mol. The van der Waals surface area contributed by atoms with Crippen molar-refractivity contribution in [1.82, 2.24) is 5.32 Å². The minimum absolute atomic E-state index is 0.699. The summed E-state index contributed by atoms with van der Waals surface area (Å²) in [4.78, 5) is 0. The van der Waals surface area contributed by atoms with Crippen LogP contribution in [0.15, 0.2) is 24.3 Å². The fraction of sp³-hybridized carbons (Fsp3) is 0.625. The van der Waals surface area contributed by atoms with Crippen LogP contribution in [0.4, 0.5) is 0 Å². The van der Waals surface area contributed by atoms with Gasteiger partial charge in [0.1, 0.15) is 0 Å². The predicted molar refractivity (Wildman–Crippen MR) is 75.4 cm³/mol. The average molecular weight is 247 g/mol. The maximum absolute atomic E-state index is 5.53. The van der Waals surface area contributed by atoms with E-state index in [-0.39, 0.29) is 0 Å². The molecule has 2 heteroatoms. The Morgan fingerprint density at radius 3 is 2.56 bits per heavy atom. The van der Waals surface area contributed by atoms with E-state index in [9.17, 15) is 0 Å². The fourth-order valence-corrected chi connectivity index (χ4v) is 2.47. The van der Waals surface area contributed by atoms with Crippen molar-refractivity contribution in [2.45, 2.75) is 52.3 Å². The molecule has 1 N–H and O–H groups in total. The van der Waals surface area contributed by atoms with Crippen LogP contribution in [0, 0.1) is 5.92 Å². The van der Waals surface area contributed by atoms with Gasteiger partial charge in [-0.05, 0) is 43.2 Å². The lowest BCUT2D eigenvalue weighted by atomic mass is 10.1. The Morgan fingerprint density at radius 1 is 1.22 bits per heavy atom. The van der Waals surface area contributed by atoms with Crippen LogP contribution in [0.25, 0.3) is 0 Å². The van der Waals surface area contributed by atoms with E-state index in [0.717, 1.165) is 25.7 Å². The van der Waals surface area contributed by atoms with E-state index in [1.807, 2.05) is 6.92 Å². The van der Waals surface area contributed by atoms with E-state index in [4.69, 9.17) is 4.74 Å². The zero-order valence-corrected chi connectivity index (χ0v) is 11.6. The number of hydrogen-bond donors (Lipinski definition) is 1. The molecule has 2 rings (SSSR count). The third kappa shape index (κ3) is 3.82. The summed E-state index contributed by atoms with van der Waals surface area (Å²) < 4.78 is 5.53. The van der Waals surface area contributed by atoms with Crippen molar-refractivity contribution in [3.8, 4) is 0 Å². The Labute approximate surface area is 111 Å². The van der Waals surface area contributed by atoms with E-state index >= 15 is 0 Å². The summed E-state index contributed by atoms with van der Waals surface area (Å²) in [5.41, 5.74) is 2.70. The van der Waals surface area contributed by atoms with Crippen molar-refractivity contribution in [1.29, 1.82) is 0 Å². The van der Waals surface area contributed by atoms with E-state index in [2.05, 4.69) is 36.5 Å². The highest BCUT2D eigenvalue weighted by Crippen LogP contribution is 2.34. The fourth-order valence-electron chi connectivity index (χ4n) is 2.47. The second kappa shape index (κ2) is 6.91. The number of benzene rings is 1. The molecule has 0 spiro atoms. The first-order valence-electron chi connectivity index (χ1n) is 7.23. The minimum Gasteiger partial charge on any atom is -0.377 e. The van der Waals surface area contributed by atoms with Crippen LogP contribution in [-0.4, -0.2) is 12.6 Å². The maximum Gasteiger partial charge on any atom is 0.0719 e. The van der Waals surface area contributed by atoms with Crippen LogP contribution in [0.1, 0.15) is 44.2 Å². The van der Waals surface area contributed by atoms with Gasteiger partial charge in [0.2, 0.25) is 0 Å². The molecule has 1 aliphatic rings. The summed E-state index contributed by atoms with van der Waals surface area (Å²) in [6, 6.07) is 9.29. The van der Waals surface area contributed by atoms with Gasteiger partial charge in [-0.25, -0.2) is 0 Å². The van der Waals surface area contributed by atoms with Crippen molar-refractivity contribution in [2.24, 2.45) is 5.92 Å². The lowest BCUT2D eigenvalue weighted by Crippen LogP contribution is -2.30. The van der Waals surface area contributed by atoms with E-state index in [0.29, 0.717) is 6.04 Å².